The highest BCUT2D eigenvalue weighted by Crippen LogP contribution is 2.26. The number of aromatic nitrogens is 3. The second-order valence-electron chi connectivity index (χ2n) is 4.85. The van der Waals surface area contributed by atoms with Gasteiger partial charge in [0, 0.05) is 25.5 Å². The first-order valence-corrected chi connectivity index (χ1v) is 6.50. The largest absolute Gasteiger partial charge is 0.346 e. The van der Waals surface area contributed by atoms with Crippen LogP contribution in [0.1, 0.15) is 17.1 Å². The van der Waals surface area contributed by atoms with E-state index in [1.54, 1.807) is 20.0 Å². The Kier molecular flexibility index (Phi) is 3.18. The van der Waals surface area contributed by atoms with Crippen LogP contribution < -0.4 is 4.90 Å². The molecule has 0 spiro atoms. The number of halogens is 1. The lowest BCUT2D eigenvalue weighted by molar-refractivity contribution is 0.594. The van der Waals surface area contributed by atoms with E-state index in [1.165, 1.54) is 0 Å². The van der Waals surface area contributed by atoms with E-state index in [0.29, 0.717) is 30.4 Å². The molecule has 0 N–H and O–H groups in total. The van der Waals surface area contributed by atoms with Crippen LogP contribution >= 0.6 is 0 Å². The Morgan fingerprint density at radius 3 is 2.85 bits per heavy atom. The minimum atomic E-state index is -0.337. The number of hydrogen-bond acceptors (Lipinski definition) is 4. The van der Waals surface area contributed by atoms with Crippen molar-refractivity contribution in [3.8, 4) is 0 Å². The summed E-state index contributed by atoms with van der Waals surface area (Å²) in [5.74, 6) is 0.635. The average molecular weight is 270 g/mol. The van der Waals surface area contributed by atoms with Crippen LogP contribution in [0.4, 0.5) is 10.2 Å². The van der Waals surface area contributed by atoms with Crippen molar-refractivity contribution in [2.45, 2.75) is 13.8 Å². The van der Waals surface area contributed by atoms with Gasteiger partial charge in [0.2, 0.25) is 0 Å². The van der Waals surface area contributed by atoms with Crippen LogP contribution in [0, 0.1) is 19.7 Å². The van der Waals surface area contributed by atoms with E-state index >= 15 is 0 Å². The lowest BCUT2D eigenvalue weighted by Gasteiger charge is -2.19. The summed E-state index contributed by atoms with van der Waals surface area (Å²) in [5.41, 5.74) is 2.60. The fraction of sp³-hybridized carbons (Fsp3) is 0.267. The predicted octanol–water partition coefficient (Wildman–Crippen LogP) is 2.53. The van der Waals surface area contributed by atoms with Crippen molar-refractivity contribution in [1.29, 1.82) is 0 Å². The molecule has 2 aromatic rings. The Labute approximate surface area is 117 Å². The zero-order chi connectivity index (χ0) is 14.1. The first kappa shape index (κ1) is 12.7. The molecule has 2 aromatic heterocycles. The molecule has 0 fully saturated rings. The minimum absolute atomic E-state index is 0.337. The van der Waals surface area contributed by atoms with Gasteiger partial charge in [-0.1, -0.05) is 12.1 Å². The molecule has 1 aliphatic rings. The standard InChI is InChI=1S/C15H15FN4/c1-10-14(16)15(19-11(2)18-10)20-7-5-13(9-20)12-4-3-6-17-8-12/h3-6,8H,7,9H2,1-2H3. The summed E-state index contributed by atoms with van der Waals surface area (Å²) < 4.78 is 14.2. The Bertz CT molecular complexity index is 667. The Morgan fingerprint density at radius 1 is 1.25 bits per heavy atom. The van der Waals surface area contributed by atoms with Gasteiger partial charge in [-0.25, -0.2) is 14.4 Å². The van der Waals surface area contributed by atoms with Crippen LogP contribution in [0.25, 0.3) is 5.57 Å². The maximum Gasteiger partial charge on any atom is 0.186 e. The first-order valence-electron chi connectivity index (χ1n) is 6.50. The molecule has 0 atom stereocenters. The maximum absolute atomic E-state index is 14.2. The molecule has 20 heavy (non-hydrogen) atoms. The third kappa shape index (κ3) is 2.27. The molecular formula is C15H15FN4. The second-order valence-corrected chi connectivity index (χ2v) is 4.85. The summed E-state index contributed by atoms with van der Waals surface area (Å²) in [6, 6.07) is 3.91. The van der Waals surface area contributed by atoms with Gasteiger partial charge < -0.3 is 4.90 Å². The van der Waals surface area contributed by atoms with Gasteiger partial charge in [-0.2, -0.15) is 0 Å². The van der Waals surface area contributed by atoms with E-state index in [9.17, 15) is 4.39 Å². The van der Waals surface area contributed by atoms with E-state index in [1.807, 2.05) is 23.2 Å². The maximum atomic E-state index is 14.2. The summed E-state index contributed by atoms with van der Waals surface area (Å²) in [5, 5.41) is 0. The highest BCUT2D eigenvalue weighted by Gasteiger charge is 2.21. The summed E-state index contributed by atoms with van der Waals surface area (Å²) in [4.78, 5) is 14.3. The molecule has 4 nitrogen and oxygen atoms in total. The van der Waals surface area contributed by atoms with Gasteiger partial charge in [0.15, 0.2) is 11.6 Å². The van der Waals surface area contributed by atoms with Crippen LogP contribution in [0.15, 0.2) is 30.6 Å². The molecule has 0 radical (unpaired) electrons. The lowest BCUT2D eigenvalue weighted by atomic mass is 10.1. The molecule has 0 saturated carbocycles. The summed E-state index contributed by atoms with van der Waals surface area (Å²) in [7, 11) is 0. The van der Waals surface area contributed by atoms with Gasteiger partial charge in [-0.15, -0.1) is 0 Å². The van der Waals surface area contributed by atoms with Crippen LogP contribution in [0.3, 0.4) is 0 Å². The van der Waals surface area contributed by atoms with Gasteiger partial charge >= 0.3 is 0 Å². The Balaban J connectivity index is 1.86. The van der Waals surface area contributed by atoms with Crippen LogP contribution in [0.5, 0.6) is 0 Å². The zero-order valence-corrected chi connectivity index (χ0v) is 11.5. The van der Waals surface area contributed by atoms with E-state index < -0.39 is 0 Å². The third-order valence-corrected chi connectivity index (χ3v) is 3.36. The number of rotatable bonds is 2. The van der Waals surface area contributed by atoms with Gasteiger partial charge in [-0.3, -0.25) is 4.98 Å². The number of pyridine rings is 1. The van der Waals surface area contributed by atoms with Crippen molar-refractivity contribution in [2.24, 2.45) is 0 Å². The number of aryl methyl sites for hydroxylation is 2. The van der Waals surface area contributed by atoms with E-state index in [-0.39, 0.29) is 5.82 Å². The van der Waals surface area contributed by atoms with Crippen molar-refractivity contribution in [1.82, 2.24) is 15.0 Å². The molecule has 0 saturated heterocycles. The molecule has 3 rings (SSSR count). The molecule has 102 valence electrons. The van der Waals surface area contributed by atoms with Crippen molar-refractivity contribution >= 4 is 11.4 Å². The number of nitrogens with zero attached hydrogens (tertiary/aromatic N) is 4. The van der Waals surface area contributed by atoms with E-state index in [4.69, 9.17) is 0 Å². The summed E-state index contributed by atoms with van der Waals surface area (Å²) in [6.45, 7) is 4.73. The molecular weight excluding hydrogens is 255 g/mol. The normalized spacial score (nSPS) is 14.6. The topological polar surface area (TPSA) is 41.9 Å². The molecule has 0 unspecified atom stereocenters. The zero-order valence-electron chi connectivity index (χ0n) is 11.5. The van der Waals surface area contributed by atoms with E-state index in [0.717, 1.165) is 11.1 Å². The summed E-state index contributed by atoms with van der Waals surface area (Å²) >= 11 is 0. The predicted molar refractivity (Wildman–Crippen MR) is 75.9 cm³/mol. The summed E-state index contributed by atoms with van der Waals surface area (Å²) in [6.07, 6.45) is 5.65. The molecule has 0 amide bonds. The molecule has 5 heteroatoms. The van der Waals surface area contributed by atoms with Gasteiger partial charge in [0.1, 0.15) is 5.82 Å². The van der Waals surface area contributed by atoms with Crippen molar-refractivity contribution in [3.63, 3.8) is 0 Å². The van der Waals surface area contributed by atoms with Crippen LogP contribution in [-0.2, 0) is 0 Å². The van der Waals surface area contributed by atoms with Crippen LogP contribution in [-0.4, -0.2) is 28.0 Å². The monoisotopic (exact) mass is 270 g/mol. The number of hydrogen-bond donors (Lipinski definition) is 0. The fourth-order valence-corrected chi connectivity index (χ4v) is 2.37. The van der Waals surface area contributed by atoms with Gasteiger partial charge in [-0.05, 0) is 31.1 Å². The SMILES string of the molecule is Cc1nc(C)c(F)c(N2CC=C(c3cccnc3)C2)n1. The minimum Gasteiger partial charge on any atom is -0.346 e. The Morgan fingerprint density at radius 2 is 2.10 bits per heavy atom. The smallest absolute Gasteiger partial charge is 0.186 e. The van der Waals surface area contributed by atoms with Crippen molar-refractivity contribution in [3.05, 3.63) is 53.5 Å². The van der Waals surface area contributed by atoms with Crippen LogP contribution in [0.2, 0.25) is 0 Å². The van der Waals surface area contributed by atoms with Crippen molar-refractivity contribution < 1.29 is 4.39 Å². The number of anilines is 1. The highest BCUT2D eigenvalue weighted by atomic mass is 19.1. The van der Waals surface area contributed by atoms with Gasteiger partial charge in [0.05, 0.1) is 5.69 Å². The molecule has 1 aliphatic heterocycles. The molecule has 0 bridgehead atoms. The quantitative estimate of drug-likeness (QED) is 0.841. The third-order valence-electron chi connectivity index (χ3n) is 3.36. The van der Waals surface area contributed by atoms with Gasteiger partial charge in [0.25, 0.3) is 0 Å². The average Bonchev–Trinajstić information content (AvgIpc) is 2.93. The van der Waals surface area contributed by atoms with E-state index in [2.05, 4.69) is 21.0 Å². The van der Waals surface area contributed by atoms with Crippen molar-refractivity contribution in [2.75, 3.05) is 18.0 Å². The molecule has 3 heterocycles. The second kappa shape index (κ2) is 5.00. The Hall–Kier alpha value is -2.30. The molecule has 0 aliphatic carbocycles. The molecule has 0 aromatic carbocycles. The highest BCUT2D eigenvalue weighted by molar-refractivity contribution is 5.73. The fourth-order valence-electron chi connectivity index (χ4n) is 2.37. The lowest BCUT2D eigenvalue weighted by Crippen LogP contribution is -2.23. The first-order chi connectivity index (χ1) is 9.65.